The number of fused-ring (bicyclic) bond motifs is 1. The Kier molecular flexibility index (Phi) is 5.35. The van der Waals surface area contributed by atoms with Crippen molar-refractivity contribution in [2.24, 2.45) is 16.1 Å². The van der Waals surface area contributed by atoms with E-state index in [4.69, 9.17) is 10.7 Å². The van der Waals surface area contributed by atoms with Crippen LogP contribution in [0.4, 0.5) is 5.82 Å². The summed E-state index contributed by atoms with van der Waals surface area (Å²) in [7, 11) is 3.91. The molecule has 3 aromatic heterocycles. The van der Waals surface area contributed by atoms with Crippen LogP contribution in [-0.2, 0) is 0 Å². The van der Waals surface area contributed by atoms with Gasteiger partial charge in [-0.1, -0.05) is 0 Å². The molecule has 2 N–H and O–H groups in total. The lowest BCUT2D eigenvalue weighted by Gasteiger charge is -2.53. The van der Waals surface area contributed by atoms with E-state index in [0.717, 1.165) is 46.7 Å². The van der Waals surface area contributed by atoms with E-state index in [1.165, 1.54) is 32.1 Å². The molecule has 8 nitrogen and oxygen atoms in total. The molecule has 3 aromatic rings. The Hall–Kier alpha value is -3.70. The van der Waals surface area contributed by atoms with E-state index in [1.54, 1.807) is 24.0 Å². The quantitative estimate of drug-likeness (QED) is 0.627. The second kappa shape index (κ2) is 8.34. The van der Waals surface area contributed by atoms with Gasteiger partial charge in [0.15, 0.2) is 0 Å². The zero-order chi connectivity index (χ0) is 23.0. The fourth-order valence-electron chi connectivity index (χ4n) is 5.29. The largest absolute Gasteiger partial charge is 0.404 e. The summed E-state index contributed by atoms with van der Waals surface area (Å²) in [6.45, 7) is 4.52. The van der Waals surface area contributed by atoms with Gasteiger partial charge in [-0.2, -0.15) is 10.4 Å². The molecule has 168 valence electrons. The maximum Gasteiger partial charge on any atom is 0.128 e. The van der Waals surface area contributed by atoms with Crippen molar-refractivity contribution in [1.29, 1.82) is 5.26 Å². The Bertz CT molecular complexity index is 1260. The van der Waals surface area contributed by atoms with Gasteiger partial charge in [0.25, 0.3) is 0 Å². The third-order valence-corrected chi connectivity index (χ3v) is 6.93. The highest BCUT2D eigenvalue weighted by Gasteiger charge is 2.43. The highest BCUT2D eigenvalue weighted by Crippen LogP contribution is 2.40. The number of allylic oxidation sites excluding steroid dienone is 1. The summed E-state index contributed by atoms with van der Waals surface area (Å²) in [6.07, 6.45) is 11.0. The van der Waals surface area contributed by atoms with E-state index in [2.05, 4.69) is 45.1 Å². The molecule has 5 rings (SSSR count). The monoisotopic (exact) mass is 440 g/mol. The van der Waals surface area contributed by atoms with Gasteiger partial charge in [0, 0.05) is 80.3 Å². The van der Waals surface area contributed by atoms with Crippen LogP contribution in [0, 0.1) is 16.7 Å². The van der Waals surface area contributed by atoms with Crippen molar-refractivity contribution in [2.45, 2.75) is 12.8 Å². The third kappa shape index (κ3) is 3.74. The van der Waals surface area contributed by atoms with Gasteiger partial charge in [0.05, 0.1) is 17.3 Å². The lowest BCUT2D eigenvalue weighted by Crippen LogP contribution is -2.58. The summed E-state index contributed by atoms with van der Waals surface area (Å²) in [5.74, 6) is 1.00. The Morgan fingerprint density at radius 2 is 2.03 bits per heavy atom. The van der Waals surface area contributed by atoms with E-state index < -0.39 is 0 Å². The second-order valence-corrected chi connectivity index (χ2v) is 9.18. The third-order valence-electron chi connectivity index (χ3n) is 6.93. The van der Waals surface area contributed by atoms with Gasteiger partial charge >= 0.3 is 0 Å². The summed E-state index contributed by atoms with van der Waals surface area (Å²) in [5.41, 5.74) is 11.1. The van der Waals surface area contributed by atoms with Gasteiger partial charge in [-0.15, -0.1) is 0 Å². The first-order valence-electron chi connectivity index (χ1n) is 11.2. The van der Waals surface area contributed by atoms with E-state index in [9.17, 15) is 5.26 Å². The van der Waals surface area contributed by atoms with Crippen LogP contribution in [0.15, 0.2) is 48.0 Å². The summed E-state index contributed by atoms with van der Waals surface area (Å²) < 4.78 is 1.73. The van der Waals surface area contributed by atoms with Crippen LogP contribution in [0.1, 0.15) is 24.0 Å². The first kappa shape index (κ1) is 21.2. The number of pyridine rings is 2. The summed E-state index contributed by atoms with van der Waals surface area (Å²) >= 11 is 0. The number of hydrogen-bond donors (Lipinski definition) is 1. The zero-order valence-corrected chi connectivity index (χ0v) is 19.1. The minimum Gasteiger partial charge on any atom is -0.404 e. The molecule has 0 amide bonds. The van der Waals surface area contributed by atoms with Crippen molar-refractivity contribution in [3.05, 3.63) is 54.1 Å². The maximum absolute atomic E-state index is 9.62. The number of rotatable bonds is 4. The van der Waals surface area contributed by atoms with Crippen LogP contribution in [0.3, 0.4) is 0 Å². The smallest absolute Gasteiger partial charge is 0.128 e. The second-order valence-electron chi connectivity index (χ2n) is 9.18. The molecule has 33 heavy (non-hydrogen) atoms. The molecule has 0 radical (unpaired) electrons. The molecule has 0 aliphatic carbocycles. The molecule has 0 bridgehead atoms. The molecule has 1 spiro atoms. The van der Waals surface area contributed by atoms with Crippen molar-refractivity contribution in [3.63, 3.8) is 0 Å². The first-order chi connectivity index (χ1) is 16.1. The lowest BCUT2D eigenvalue weighted by atomic mass is 9.72. The Morgan fingerprint density at radius 1 is 1.24 bits per heavy atom. The molecule has 0 aromatic carbocycles. The van der Waals surface area contributed by atoms with E-state index in [-0.39, 0.29) is 0 Å². The lowest BCUT2D eigenvalue weighted by molar-refractivity contribution is 0.00122. The van der Waals surface area contributed by atoms with E-state index in [0.29, 0.717) is 11.0 Å². The number of aliphatic imine (C=N–C) groups is 1. The van der Waals surface area contributed by atoms with Gasteiger partial charge in [0.2, 0.25) is 0 Å². The highest BCUT2D eigenvalue weighted by atomic mass is 15.2. The maximum atomic E-state index is 9.62. The van der Waals surface area contributed by atoms with Crippen molar-refractivity contribution < 1.29 is 0 Å². The molecule has 0 atom stereocenters. The topological polar surface area (TPSA) is 98.8 Å². The number of nitrogens with two attached hydrogens (primary N) is 1. The van der Waals surface area contributed by atoms with Crippen LogP contribution in [0.2, 0.25) is 0 Å². The molecule has 2 fully saturated rings. The van der Waals surface area contributed by atoms with Crippen LogP contribution in [0.5, 0.6) is 0 Å². The van der Waals surface area contributed by atoms with Crippen LogP contribution in [-0.4, -0.2) is 66.0 Å². The molecule has 2 saturated heterocycles. The predicted octanol–water partition coefficient (Wildman–Crippen LogP) is 2.80. The minimum absolute atomic E-state index is 0.517. The number of nitriles is 1. The Morgan fingerprint density at radius 3 is 2.64 bits per heavy atom. The van der Waals surface area contributed by atoms with Crippen LogP contribution < -0.4 is 10.6 Å². The average molecular weight is 441 g/mol. The minimum atomic E-state index is 0.517. The van der Waals surface area contributed by atoms with E-state index in [1.807, 2.05) is 18.5 Å². The predicted molar refractivity (Wildman–Crippen MR) is 131 cm³/mol. The van der Waals surface area contributed by atoms with Crippen molar-refractivity contribution in [3.8, 4) is 17.2 Å². The molecule has 8 heteroatoms. The first-order valence-corrected chi connectivity index (χ1v) is 11.2. The molecular weight excluding hydrogens is 412 g/mol. The number of likely N-dealkylation sites (tertiary alicyclic amines) is 1. The Labute approximate surface area is 193 Å². The normalized spacial score (nSPS) is 18.7. The molecular formula is C25H28N8. The molecule has 5 heterocycles. The summed E-state index contributed by atoms with van der Waals surface area (Å²) in [5, 5.41) is 14.0. The van der Waals surface area contributed by atoms with Crippen LogP contribution in [0.25, 0.3) is 22.2 Å². The number of hydrogen-bond acceptors (Lipinski definition) is 7. The van der Waals surface area contributed by atoms with Gasteiger partial charge in [-0.25, -0.2) is 9.50 Å². The van der Waals surface area contributed by atoms with Crippen molar-refractivity contribution in [1.82, 2.24) is 19.5 Å². The fraction of sp³-hybridized carbons (Fsp3) is 0.360. The molecule has 0 saturated carbocycles. The van der Waals surface area contributed by atoms with Crippen LogP contribution >= 0.6 is 0 Å². The van der Waals surface area contributed by atoms with Gasteiger partial charge in [-0.3, -0.25) is 4.99 Å². The summed E-state index contributed by atoms with van der Waals surface area (Å²) in [4.78, 5) is 13.7. The number of nitrogens with zero attached hydrogens (tertiary/aromatic N) is 7. The number of aromatic nitrogens is 3. The number of piperidine rings is 1. The zero-order valence-electron chi connectivity index (χ0n) is 19.1. The van der Waals surface area contributed by atoms with Gasteiger partial charge < -0.3 is 15.5 Å². The molecule has 2 aliphatic heterocycles. The molecule has 2 aliphatic rings. The van der Waals surface area contributed by atoms with Crippen molar-refractivity contribution >= 4 is 23.1 Å². The SMILES string of the molecule is CN=CC(=CN)c1cc(-c2ccc(N3CCC4(CC3)CN(C)C4)nc2)c2c(C#N)cnn2c1. The highest BCUT2D eigenvalue weighted by molar-refractivity contribution is 6.10. The molecule has 0 unspecified atom stereocenters. The number of anilines is 1. The van der Waals surface area contributed by atoms with Crippen molar-refractivity contribution in [2.75, 3.05) is 45.2 Å². The van der Waals surface area contributed by atoms with Gasteiger partial charge in [-0.05, 0) is 43.5 Å². The Balaban J connectivity index is 1.47. The fourth-order valence-corrected chi connectivity index (χ4v) is 5.29. The van der Waals surface area contributed by atoms with E-state index >= 15 is 0 Å². The average Bonchev–Trinajstić information content (AvgIpc) is 3.25. The standard InChI is InChI=1S/C25H28N8/c1-28-12-20(10-26)19-9-22(24-21(11-27)14-30-33(24)15-19)18-3-4-23(29-13-18)32-7-5-25(6-8-32)16-31(2)17-25/h3-4,9-10,12-15H,5-8,16-17,26H2,1-2H3. The van der Waals surface area contributed by atoms with Gasteiger partial charge in [0.1, 0.15) is 11.9 Å². The summed E-state index contributed by atoms with van der Waals surface area (Å²) in [6, 6.07) is 8.43.